The van der Waals surface area contributed by atoms with E-state index >= 15 is 0 Å². The fourth-order valence-corrected chi connectivity index (χ4v) is 3.74. The van der Waals surface area contributed by atoms with Crippen molar-refractivity contribution in [1.29, 1.82) is 0 Å². The minimum atomic E-state index is -0.172. The SMILES string of the molecule is CCc1nnc(NC(=O)CSc2nnc3ccc(-c4ccccc4)nn23)s1. The van der Waals surface area contributed by atoms with Gasteiger partial charge in [-0.1, -0.05) is 60.4 Å². The van der Waals surface area contributed by atoms with E-state index in [0.29, 0.717) is 15.9 Å². The first kappa shape index (κ1) is 17.6. The van der Waals surface area contributed by atoms with Crippen molar-refractivity contribution >= 4 is 39.8 Å². The molecule has 136 valence electrons. The zero-order valence-corrected chi connectivity index (χ0v) is 16.0. The number of amides is 1. The van der Waals surface area contributed by atoms with Crippen LogP contribution in [0.5, 0.6) is 0 Å². The number of thioether (sulfide) groups is 1. The Morgan fingerprint density at radius 3 is 2.74 bits per heavy atom. The molecule has 0 saturated heterocycles. The molecule has 0 aliphatic carbocycles. The van der Waals surface area contributed by atoms with Gasteiger partial charge in [0.1, 0.15) is 5.01 Å². The topological polar surface area (TPSA) is 98.0 Å². The molecule has 0 bridgehead atoms. The number of hydrogen-bond acceptors (Lipinski definition) is 8. The molecule has 4 aromatic rings. The number of carbonyl (C=O) groups excluding carboxylic acids is 1. The van der Waals surface area contributed by atoms with Crippen molar-refractivity contribution in [2.75, 3.05) is 11.1 Å². The van der Waals surface area contributed by atoms with Crippen LogP contribution in [0.2, 0.25) is 0 Å². The third kappa shape index (κ3) is 3.96. The van der Waals surface area contributed by atoms with E-state index in [1.54, 1.807) is 4.52 Å². The maximum atomic E-state index is 12.2. The molecule has 0 saturated carbocycles. The summed E-state index contributed by atoms with van der Waals surface area (Å²) < 4.78 is 1.65. The Balaban J connectivity index is 1.47. The van der Waals surface area contributed by atoms with Crippen LogP contribution in [0, 0.1) is 0 Å². The summed E-state index contributed by atoms with van der Waals surface area (Å²) in [6.07, 6.45) is 0.795. The van der Waals surface area contributed by atoms with E-state index in [1.165, 1.54) is 23.1 Å². The van der Waals surface area contributed by atoms with Gasteiger partial charge in [0.05, 0.1) is 11.4 Å². The Bertz CT molecular complexity index is 1080. The zero-order chi connectivity index (χ0) is 18.6. The first-order valence-corrected chi connectivity index (χ1v) is 10.1. The van der Waals surface area contributed by atoms with Crippen molar-refractivity contribution in [2.24, 2.45) is 0 Å². The van der Waals surface area contributed by atoms with Crippen molar-refractivity contribution in [3.05, 3.63) is 47.5 Å². The minimum absolute atomic E-state index is 0.172. The van der Waals surface area contributed by atoms with E-state index < -0.39 is 0 Å². The number of carbonyl (C=O) groups is 1. The molecule has 0 aliphatic rings. The second kappa shape index (κ2) is 7.80. The molecule has 0 aliphatic heterocycles. The Morgan fingerprint density at radius 1 is 1.11 bits per heavy atom. The molecule has 1 N–H and O–H groups in total. The van der Waals surface area contributed by atoms with Crippen LogP contribution >= 0.6 is 23.1 Å². The smallest absolute Gasteiger partial charge is 0.236 e. The van der Waals surface area contributed by atoms with Crippen molar-refractivity contribution in [2.45, 2.75) is 18.5 Å². The molecule has 0 spiro atoms. The van der Waals surface area contributed by atoms with Gasteiger partial charge in [0.2, 0.25) is 16.2 Å². The van der Waals surface area contributed by atoms with Crippen LogP contribution in [0.4, 0.5) is 5.13 Å². The molecule has 3 aromatic heterocycles. The lowest BCUT2D eigenvalue weighted by molar-refractivity contribution is -0.113. The number of nitrogens with zero attached hydrogens (tertiary/aromatic N) is 6. The number of anilines is 1. The summed E-state index contributed by atoms with van der Waals surface area (Å²) in [6, 6.07) is 13.6. The van der Waals surface area contributed by atoms with Gasteiger partial charge in [0.25, 0.3) is 0 Å². The predicted octanol–water partition coefficient (Wildman–Crippen LogP) is 2.94. The molecule has 0 unspecified atom stereocenters. The fourth-order valence-electron chi connectivity index (χ4n) is 2.35. The lowest BCUT2D eigenvalue weighted by Crippen LogP contribution is -2.14. The van der Waals surface area contributed by atoms with Gasteiger partial charge in [-0.15, -0.1) is 20.4 Å². The second-order valence-electron chi connectivity index (χ2n) is 5.53. The van der Waals surface area contributed by atoms with E-state index in [0.717, 1.165) is 22.7 Å². The van der Waals surface area contributed by atoms with Gasteiger partial charge < -0.3 is 0 Å². The number of fused-ring (bicyclic) bond motifs is 1. The minimum Gasteiger partial charge on any atom is -0.300 e. The quantitative estimate of drug-likeness (QED) is 0.500. The van der Waals surface area contributed by atoms with Crippen LogP contribution in [-0.2, 0) is 11.2 Å². The number of aryl methyl sites for hydroxylation is 1. The van der Waals surface area contributed by atoms with Crippen LogP contribution in [0.1, 0.15) is 11.9 Å². The molecular formula is C17H15N7OS2. The Labute approximate surface area is 163 Å². The van der Waals surface area contributed by atoms with Gasteiger partial charge in [-0.2, -0.15) is 9.61 Å². The number of hydrogen-bond donors (Lipinski definition) is 1. The van der Waals surface area contributed by atoms with Crippen LogP contribution < -0.4 is 5.32 Å². The molecule has 8 nitrogen and oxygen atoms in total. The number of rotatable bonds is 6. The molecular weight excluding hydrogens is 382 g/mol. The summed E-state index contributed by atoms with van der Waals surface area (Å²) in [5.41, 5.74) is 2.45. The third-order valence-corrected chi connectivity index (χ3v) is 5.55. The normalized spacial score (nSPS) is 11.0. The summed E-state index contributed by atoms with van der Waals surface area (Å²) in [5.74, 6) is 0.00813. The summed E-state index contributed by atoms with van der Waals surface area (Å²) in [5, 5.41) is 25.5. The Kier molecular flexibility index (Phi) is 5.07. The standard InChI is InChI=1S/C17H15N7OS2/c1-2-15-20-21-16(27-15)18-14(25)10-26-17-22-19-13-9-8-12(23-24(13)17)11-6-4-3-5-7-11/h3-9H,2,10H2,1H3,(H,18,21,25). The van der Waals surface area contributed by atoms with Crippen molar-refractivity contribution in [3.8, 4) is 11.3 Å². The summed E-state index contributed by atoms with van der Waals surface area (Å²) >= 11 is 2.65. The van der Waals surface area contributed by atoms with Crippen molar-refractivity contribution in [1.82, 2.24) is 30.0 Å². The lowest BCUT2D eigenvalue weighted by atomic mass is 10.1. The van der Waals surface area contributed by atoms with Gasteiger partial charge in [-0.3, -0.25) is 10.1 Å². The van der Waals surface area contributed by atoms with Crippen LogP contribution in [0.25, 0.3) is 16.9 Å². The van der Waals surface area contributed by atoms with Gasteiger partial charge in [0, 0.05) is 5.56 Å². The van der Waals surface area contributed by atoms with Gasteiger partial charge in [0.15, 0.2) is 5.65 Å². The van der Waals surface area contributed by atoms with E-state index in [-0.39, 0.29) is 11.7 Å². The Hall–Kier alpha value is -2.85. The molecule has 1 aromatic carbocycles. The van der Waals surface area contributed by atoms with Gasteiger partial charge in [-0.25, -0.2) is 0 Å². The number of nitrogens with one attached hydrogen (secondary N) is 1. The van der Waals surface area contributed by atoms with E-state index in [2.05, 4.69) is 30.8 Å². The van der Waals surface area contributed by atoms with Crippen LogP contribution in [0.3, 0.4) is 0 Å². The highest BCUT2D eigenvalue weighted by Gasteiger charge is 2.13. The summed E-state index contributed by atoms with van der Waals surface area (Å²) in [4.78, 5) is 12.2. The summed E-state index contributed by atoms with van der Waals surface area (Å²) in [6.45, 7) is 2.00. The number of benzene rings is 1. The second-order valence-corrected chi connectivity index (χ2v) is 7.53. The predicted molar refractivity (Wildman–Crippen MR) is 105 cm³/mol. The first-order chi connectivity index (χ1) is 13.2. The molecule has 1 amide bonds. The van der Waals surface area contributed by atoms with E-state index in [1.807, 2.05) is 49.4 Å². The summed E-state index contributed by atoms with van der Waals surface area (Å²) in [7, 11) is 0. The molecule has 0 radical (unpaired) electrons. The Morgan fingerprint density at radius 2 is 1.96 bits per heavy atom. The average Bonchev–Trinajstić information content (AvgIpc) is 3.33. The highest BCUT2D eigenvalue weighted by molar-refractivity contribution is 7.99. The monoisotopic (exact) mass is 397 g/mol. The highest BCUT2D eigenvalue weighted by atomic mass is 32.2. The van der Waals surface area contributed by atoms with E-state index in [4.69, 9.17) is 0 Å². The first-order valence-electron chi connectivity index (χ1n) is 8.26. The molecule has 0 fully saturated rings. The highest BCUT2D eigenvalue weighted by Crippen LogP contribution is 2.21. The lowest BCUT2D eigenvalue weighted by Gasteiger charge is -2.03. The molecule has 27 heavy (non-hydrogen) atoms. The van der Waals surface area contributed by atoms with Crippen LogP contribution in [0.15, 0.2) is 47.6 Å². The third-order valence-electron chi connectivity index (χ3n) is 3.65. The average molecular weight is 397 g/mol. The van der Waals surface area contributed by atoms with E-state index in [9.17, 15) is 4.79 Å². The molecule has 0 atom stereocenters. The van der Waals surface area contributed by atoms with Crippen molar-refractivity contribution < 1.29 is 4.79 Å². The zero-order valence-electron chi connectivity index (χ0n) is 14.4. The molecule has 4 rings (SSSR count). The van der Waals surface area contributed by atoms with Crippen molar-refractivity contribution in [3.63, 3.8) is 0 Å². The van der Waals surface area contributed by atoms with Gasteiger partial charge >= 0.3 is 0 Å². The van der Waals surface area contributed by atoms with Gasteiger partial charge in [-0.05, 0) is 18.6 Å². The molecule has 10 heteroatoms. The maximum Gasteiger partial charge on any atom is 0.236 e. The maximum absolute atomic E-state index is 12.2. The van der Waals surface area contributed by atoms with Crippen LogP contribution in [-0.4, -0.2) is 41.7 Å². The fraction of sp³-hybridized carbons (Fsp3) is 0.176. The number of aromatic nitrogens is 6. The largest absolute Gasteiger partial charge is 0.300 e. The molecule has 3 heterocycles.